The van der Waals surface area contributed by atoms with Crippen molar-refractivity contribution in [3.63, 3.8) is 0 Å². The summed E-state index contributed by atoms with van der Waals surface area (Å²) in [6.45, 7) is 5.65. The molecule has 0 aromatic heterocycles. The van der Waals surface area contributed by atoms with Crippen molar-refractivity contribution in [1.29, 1.82) is 0 Å². The van der Waals surface area contributed by atoms with Crippen molar-refractivity contribution < 1.29 is 5.11 Å². The molecule has 0 atom stereocenters. The van der Waals surface area contributed by atoms with E-state index < -0.39 is 0 Å². The molecule has 3 rings (SSSR count). The third kappa shape index (κ3) is 3.22. The third-order valence-electron chi connectivity index (χ3n) is 4.14. The number of hydrogen-bond donors (Lipinski definition) is 1. The Balaban J connectivity index is 1.65. The van der Waals surface area contributed by atoms with E-state index in [1.54, 1.807) is 0 Å². The van der Waals surface area contributed by atoms with Gasteiger partial charge in [0.1, 0.15) is 0 Å². The molecule has 4 heteroatoms. The van der Waals surface area contributed by atoms with E-state index in [-0.39, 0.29) is 6.61 Å². The van der Waals surface area contributed by atoms with Gasteiger partial charge in [0.15, 0.2) is 0 Å². The fourth-order valence-corrected chi connectivity index (χ4v) is 2.97. The van der Waals surface area contributed by atoms with E-state index in [2.05, 4.69) is 9.80 Å². The van der Waals surface area contributed by atoms with E-state index in [1.165, 1.54) is 19.4 Å². The van der Waals surface area contributed by atoms with Gasteiger partial charge in [-0.15, -0.1) is 0 Å². The molecule has 0 unspecified atom stereocenters. The SMILES string of the molecule is OCc1ccc(Cl)cc1N1CCN(CC2CC2)CC1. The summed E-state index contributed by atoms with van der Waals surface area (Å²) in [6, 6.07) is 5.75. The Kier molecular flexibility index (Phi) is 3.96. The van der Waals surface area contributed by atoms with E-state index in [0.29, 0.717) is 0 Å². The minimum atomic E-state index is 0.0782. The molecule has 2 fully saturated rings. The fourth-order valence-electron chi connectivity index (χ4n) is 2.80. The number of aliphatic hydroxyl groups excluding tert-OH is 1. The number of piperazine rings is 1. The highest BCUT2D eigenvalue weighted by Crippen LogP contribution is 2.31. The summed E-state index contributed by atoms with van der Waals surface area (Å²) in [7, 11) is 0. The lowest BCUT2D eigenvalue weighted by molar-refractivity contribution is 0.246. The van der Waals surface area contributed by atoms with Crippen molar-refractivity contribution in [3.05, 3.63) is 28.8 Å². The number of rotatable bonds is 4. The molecule has 0 amide bonds. The monoisotopic (exact) mass is 280 g/mol. The first-order valence-electron chi connectivity index (χ1n) is 7.13. The molecule has 1 aliphatic heterocycles. The van der Waals surface area contributed by atoms with Crippen molar-refractivity contribution in [2.24, 2.45) is 5.92 Å². The van der Waals surface area contributed by atoms with Crippen LogP contribution >= 0.6 is 11.6 Å². The van der Waals surface area contributed by atoms with Gasteiger partial charge in [0.25, 0.3) is 0 Å². The topological polar surface area (TPSA) is 26.7 Å². The van der Waals surface area contributed by atoms with Crippen LogP contribution in [0.2, 0.25) is 5.02 Å². The van der Waals surface area contributed by atoms with Crippen LogP contribution < -0.4 is 4.90 Å². The maximum Gasteiger partial charge on any atom is 0.0702 e. The molecule has 1 aromatic rings. The second-order valence-corrected chi connectivity index (χ2v) is 6.10. The standard InChI is InChI=1S/C15H21ClN2O/c16-14-4-3-13(11-19)15(9-14)18-7-5-17(6-8-18)10-12-1-2-12/h3-4,9,12,19H,1-2,5-8,10-11H2. The van der Waals surface area contributed by atoms with Crippen LogP contribution in [0.25, 0.3) is 0 Å². The molecule has 1 saturated carbocycles. The highest BCUT2D eigenvalue weighted by Gasteiger charge is 2.26. The van der Waals surface area contributed by atoms with Crippen molar-refractivity contribution in [1.82, 2.24) is 4.90 Å². The maximum atomic E-state index is 9.44. The quantitative estimate of drug-likeness (QED) is 0.917. The van der Waals surface area contributed by atoms with Gasteiger partial charge in [-0.1, -0.05) is 17.7 Å². The number of hydrogen-bond acceptors (Lipinski definition) is 3. The van der Waals surface area contributed by atoms with Gasteiger partial charge in [-0.05, 0) is 30.9 Å². The molecule has 0 radical (unpaired) electrons. The van der Waals surface area contributed by atoms with Crippen molar-refractivity contribution in [2.75, 3.05) is 37.6 Å². The van der Waals surface area contributed by atoms with Gasteiger partial charge >= 0.3 is 0 Å². The van der Waals surface area contributed by atoms with Crippen LogP contribution in [0.1, 0.15) is 18.4 Å². The Hall–Kier alpha value is -0.770. The van der Waals surface area contributed by atoms with Crippen LogP contribution in [-0.2, 0) is 6.61 Å². The molecule has 104 valence electrons. The molecule has 1 aromatic carbocycles. The summed E-state index contributed by atoms with van der Waals surface area (Å²) >= 11 is 6.08. The van der Waals surface area contributed by atoms with Crippen LogP contribution in [0.4, 0.5) is 5.69 Å². The normalized spacial score (nSPS) is 20.8. The van der Waals surface area contributed by atoms with Gasteiger partial charge in [-0.3, -0.25) is 4.90 Å². The van der Waals surface area contributed by atoms with E-state index in [9.17, 15) is 5.11 Å². The number of aliphatic hydroxyl groups is 1. The summed E-state index contributed by atoms with van der Waals surface area (Å²) in [5.74, 6) is 0.964. The van der Waals surface area contributed by atoms with Gasteiger partial charge in [0.2, 0.25) is 0 Å². The second-order valence-electron chi connectivity index (χ2n) is 5.66. The minimum Gasteiger partial charge on any atom is -0.392 e. The number of nitrogens with zero attached hydrogens (tertiary/aromatic N) is 2. The molecule has 0 spiro atoms. The molecular weight excluding hydrogens is 260 g/mol. The van der Waals surface area contributed by atoms with Gasteiger partial charge in [0.05, 0.1) is 6.61 Å². The van der Waals surface area contributed by atoms with Crippen LogP contribution in [-0.4, -0.2) is 42.7 Å². The summed E-state index contributed by atoms with van der Waals surface area (Å²) < 4.78 is 0. The minimum absolute atomic E-state index is 0.0782. The smallest absolute Gasteiger partial charge is 0.0702 e. The maximum absolute atomic E-state index is 9.44. The first kappa shape index (κ1) is 13.2. The lowest BCUT2D eigenvalue weighted by atomic mass is 10.1. The summed E-state index contributed by atoms with van der Waals surface area (Å²) in [6.07, 6.45) is 2.84. The predicted molar refractivity (Wildman–Crippen MR) is 78.8 cm³/mol. The highest BCUT2D eigenvalue weighted by molar-refractivity contribution is 6.30. The van der Waals surface area contributed by atoms with E-state index >= 15 is 0 Å². The Labute approximate surface area is 119 Å². The molecule has 2 aliphatic rings. The number of halogens is 1. The summed E-state index contributed by atoms with van der Waals surface area (Å²) in [5.41, 5.74) is 2.07. The van der Waals surface area contributed by atoms with Crippen molar-refractivity contribution >= 4 is 17.3 Å². The summed E-state index contributed by atoms with van der Waals surface area (Å²) in [5, 5.41) is 10.2. The lowest BCUT2D eigenvalue weighted by Gasteiger charge is -2.37. The summed E-state index contributed by atoms with van der Waals surface area (Å²) in [4.78, 5) is 4.91. The Morgan fingerprint density at radius 2 is 1.89 bits per heavy atom. The molecular formula is C15H21ClN2O. The van der Waals surface area contributed by atoms with E-state index in [4.69, 9.17) is 11.6 Å². The lowest BCUT2D eigenvalue weighted by Crippen LogP contribution is -2.47. The molecule has 1 aliphatic carbocycles. The molecule has 19 heavy (non-hydrogen) atoms. The van der Waals surface area contributed by atoms with Gasteiger partial charge in [-0.2, -0.15) is 0 Å². The second kappa shape index (κ2) is 5.70. The fraction of sp³-hybridized carbons (Fsp3) is 0.600. The Morgan fingerprint density at radius 3 is 2.53 bits per heavy atom. The average Bonchev–Trinajstić information content (AvgIpc) is 3.23. The Morgan fingerprint density at radius 1 is 1.16 bits per heavy atom. The Bertz CT molecular complexity index is 440. The zero-order valence-corrected chi connectivity index (χ0v) is 11.9. The molecule has 0 bridgehead atoms. The van der Waals surface area contributed by atoms with Gasteiger partial charge in [0, 0.05) is 49.0 Å². The van der Waals surface area contributed by atoms with Crippen LogP contribution in [0.5, 0.6) is 0 Å². The molecule has 1 saturated heterocycles. The van der Waals surface area contributed by atoms with Crippen molar-refractivity contribution in [3.8, 4) is 0 Å². The first-order chi connectivity index (χ1) is 9.26. The van der Waals surface area contributed by atoms with E-state index in [0.717, 1.165) is 48.4 Å². The average molecular weight is 281 g/mol. The van der Waals surface area contributed by atoms with Crippen LogP contribution in [0.3, 0.4) is 0 Å². The number of benzene rings is 1. The highest BCUT2D eigenvalue weighted by atomic mass is 35.5. The molecule has 3 nitrogen and oxygen atoms in total. The molecule has 1 heterocycles. The largest absolute Gasteiger partial charge is 0.392 e. The zero-order valence-electron chi connectivity index (χ0n) is 11.2. The van der Waals surface area contributed by atoms with Crippen molar-refractivity contribution in [2.45, 2.75) is 19.4 Å². The van der Waals surface area contributed by atoms with Gasteiger partial charge in [-0.25, -0.2) is 0 Å². The predicted octanol–water partition coefficient (Wildman–Crippen LogP) is 2.36. The third-order valence-corrected chi connectivity index (χ3v) is 4.38. The van der Waals surface area contributed by atoms with E-state index in [1.807, 2.05) is 18.2 Å². The first-order valence-corrected chi connectivity index (χ1v) is 7.50. The van der Waals surface area contributed by atoms with Crippen LogP contribution in [0, 0.1) is 5.92 Å². The molecule has 1 N–H and O–H groups in total. The number of anilines is 1. The van der Waals surface area contributed by atoms with Crippen LogP contribution in [0.15, 0.2) is 18.2 Å². The van der Waals surface area contributed by atoms with Gasteiger partial charge < -0.3 is 10.0 Å². The zero-order chi connectivity index (χ0) is 13.2.